The molecule has 0 saturated heterocycles. The van der Waals surface area contributed by atoms with Gasteiger partial charge in [0.15, 0.2) is 0 Å². The fourth-order valence-corrected chi connectivity index (χ4v) is 1.48. The molecule has 1 aliphatic rings. The van der Waals surface area contributed by atoms with Crippen molar-refractivity contribution >= 4 is 11.5 Å². The average Bonchev–Trinajstić information content (AvgIpc) is 3.09. The van der Waals surface area contributed by atoms with Gasteiger partial charge in [0, 0.05) is 26.0 Å². The number of hydrogen-bond donors (Lipinski definition) is 2. The van der Waals surface area contributed by atoms with Crippen LogP contribution in [0.25, 0.3) is 0 Å². The van der Waals surface area contributed by atoms with Gasteiger partial charge in [-0.25, -0.2) is 4.98 Å². The smallest absolute Gasteiger partial charge is 0.149 e. The molecule has 0 aromatic carbocycles. The Morgan fingerprint density at radius 2 is 2.38 bits per heavy atom. The van der Waals surface area contributed by atoms with Gasteiger partial charge in [0.2, 0.25) is 0 Å². The summed E-state index contributed by atoms with van der Waals surface area (Å²) in [6.07, 6.45) is 5.43. The number of nitrogens with one attached hydrogen (secondary N) is 1. The molecule has 0 aliphatic heterocycles. The van der Waals surface area contributed by atoms with Gasteiger partial charge in [-0.3, -0.25) is 0 Å². The summed E-state index contributed by atoms with van der Waals surface area (Å²) in [5.41, 5.74) is 6.45. The van der Waals surface area contributed by atoms with Crippen LogP contribution in [0.3, 0.4) is 0 Å². The van der Waals surface area contributed by atoms with Crippen molar-refractivity contribution in [2.75, 3.05) is 30.8 Å². The molecule has 4 heteroatoms. The summed E-state index contributed by atoms with van der Waals surface area (Å²) in [5.74, 6) is 1.61. The van der Waals surface area contributed by atoms with Gasteiger partial charge in [0.1, 0.15) is 5.82 Å². The molecule has 3 N–H and O–H groups in total. The van der Waals surface area contributed by atoms with Crippen LogP contribution < -0.4 is 11.1 Å². The van der Waals surface area contributed by atoms with E-state index in [1.807, 2.05) is 12.1 Å². The summed E-state index contributed by atoms with van der Waals surface area (Å²) < 4.78 is 5.53. The van der Waals surface area contributed by atoms with Gasteiger partial charge in [-0.05, 0) is 37.3 Å². The maximum Gasteiger partial charge on any atom is 0.149 e. The predicted octanol–water partition coefficient (Wildman–Crippen LogP) is 1.89. The Morgan fingerprint density at radius 1 is 1.50 bits per heavy atom. The van der Waals surface area contributed by atoms with Crippen molar-refractivity contribution in [3.05, 3.63) is 18.3 Å². The third kappa shape index (κ3) is 3.70. The van der Waals surface area contributed by atoms with Crippen molar-refractivity contribution in [2.45, 2.75) is 19.3 Å². The second-order valence-corrected chi connectivity index (χ2v) is 4.24. The highest BCUT2D eigenvalue weighted by Gasteiger charge is 2.20. The molecule has 0 radical (unpaired) electrons. The lowest BCUT2D eigenvalue weighted by atomic mass is 10.3. The van der Waals surface area contributed by atoms with E-state index in [0.717, 1.165) is 37.9 Å². The minimum Gasteiger partial charge on any atom is -0.396 e. The first-order valence-electron chi connectivity index (χ1n) is 5.88. The lowest BCUT2D eigenvalue weighted by Crippen LogP contribution is -2.09. The minimum atomic E-state index is 0.696. The SMILES string of the molecule is Nc1cccnc1NCCCOCC1CC1. The number of rotatable bonds is 7. The average molecular weight is 221 g/mol. The summed E-state index contributed by atoms with van der Waals surface area (Å²) in [5, 5.41) is 3.20. The third-order valence-electron chi connectivity index (χ3n) is 2.65. The predicted molar refractivity (Wildman–Crippen MR) is 65.3 cm³/mol. The zero-order valence-corrected chi connectivity index (χ0v) is 9.48. The van der Waals surface area contributed by atoms with Crippen LogP contribution in [-0.4, -0.2) is 24.7 Å². The molecule has 2 rings (SSSR count). The molecule has 0 spiro atoms. The molecule has 1 heterocycles. The van der Waals surface area contributed by atoms with E-state index in [1.54, 1.807) is 6.20 Å². The maximum atomic E-state index is 5.75. The molecule has 1 saturated carbocycles. The van der Waals surface area contributed by atoms with E-state index < -0.39 is 0 Å². The quantitative estimate of drug-likeness (QED) is 0.690. The van der Waals surface area contributed by atoms with Gasteiger partial charge >= 0.3 is 0 Å². The number of aromatic nitrogens is 1. The zero-order valence-electron chi connectivity index (χ0n) is 9.48. The molecule has 4 nitrogen and oxygen atoms in total. The molecule has 1 aliphatic carbocycles. The monoisotopic (exact) mass is 221 g/mol. The highest BCUT2D eigenvalue weighted by Crippen LogP contribution is 2.28. The van der Waals surface area contributed by atoms with E-state index in [4.69, 9.17) is 10.5 Å². The summed E-state index contributed by atoms with van der Waals surface area (Å²) in [4.78, 5) is 4.16. The normalized spacial score (nSPS) is 15.0. The molecule has 0 atom stereocenters. The highest BCUT2D eigenvalue weighted by molar-refractivity contribution is 5.60. The summed E-state index contributed by atoms with van der Waals surface area (Å²) in [6, 6.07) is 3.68. The zero-order chi connectivity index (χ0) is 11.2. The van der Waals surface area contributed by atoms with Gasteiger partial charge in [-0.15, -0.1) is 0 Å². The number of ether oxygens (including phenoxy) is 1. The number of nitrogens with zero attached hydrogens (tertiary/aromatic N) is 1. The van der Waals surface area contributed by atoms with Crippen molar-refractivity contribution in [3.8, 4) is 0 Å². The lowest BCUT2D eigenvalue weighted by Gasteiger charge is -2.07. The van der Waals surface area contributed by atoms with Crippen LogP contribution >= 0.6 is 0 Å². The van der Waals surface area contributed by atoms with E-state index in [9.17, 15) is 0 Å². The Hall–Kier alpha value is -1.29. The Balaban J connectivity index is 1.55. The van der Waals surface area contributed by atoms with Gasteiger partial charge in [-0.1, -0.05) is 0 Å². The first-order valence-corrected chi connectivity index (χ1v) is 5.88. The Labute approximate surface area is 96.2 Å². The topological polar surface area (TPSA) is 60.2 Å². The van der Waals surface area contributed by atoms with E-state index in [1.165, 1.54) is 12.8 Å². The highest BCUT2D eigenvalue weighted by atomic mass is 16.5. The van der Waals surface area contributed by atoms with Crippen molar-refractivity contribution < 1.29 is 4.74 Å². The fraction of sp³-hybridized carbons (Fsp3) is 0.583. The van der Waals surface area contributed by atoms with Crippen LogP contribution in [0.4, 0.5) is 11.5 Å². The molecule has 88 valence electrons. The first kappa shape index (κ1) is 11.2. The molecular weight excluding hydrogens is 202 g/mol. The molecule has 0 amide bonds. The Morgan fingerprint density at radius 3 is 3.12 bits per heavy atom. The van der Waals surface area contributed by atoms with Crippen LogP contribution in [0, 0.1) is 5.92 Å². The minimum absolute atomic E-state index is 0.696. The van der Waals surface area contributed by atoms with Crippen LogP contribution in [0.2, 0.25) is 0 Å². The fourth-order valence-electron chi connectivity index (χ4n) is 1.48. The number of hydrogen-bond acceptors (Lipinski definition) is 4. The van der Waals surface area contributed by atoms with Crippen molar-refractivity contribution in [1.29, 1.82) is 0 Å². The van der Waals surface area contributed by atoms with Crippen LogP contribution in [0.15, 0.2) is 18.3 Å². The maximum absolute atomic E-state index is 5.75. The standard InChI is InChI=1S/C12H19N3O/c13-11-3-1-6-14-12(11)15-7-2-8-16-9-10-4-5-10/h1,3,6,10H,2,4-5,7-9,13H2,(H,14,15). The third-order valence-corrected chi connectivity index (χ3v) is 2.65. The van der Waals surface area contributed by atoms with Gasteiger partial charge < -0.3 is 15.8 Å². The van der Waals surface area contributed by atoms with E-state index in [-0.39, 0.29) is 0 Å². The number of nitrogen functional groups attached to an aromatic ring is 1. The van der Waals surface area contributed by atoms with E-state index in [0.29, 0.717) is 5.69 Å². The van der Waals surface area contributed by atoms with E-state index >= 15 is 0 Å². The summed E-state index contributed by atoms with van der Waals surface area (Å²) >= 11 is 0. The number of pyridine rings is 1. The molecule has 1 aromatic heterocycles. The lowest BCUT2D eigenvalue weighted by molar-refractivity contribution is 0.124. The van der Waals surface area contributed by atoms with Crippen LogP contribution in [0.5, 0.6) is 0 Å². The molecular formula is C12H19N3O. The number of nitrogens with two attached hydrogens (primary N) is 1. The van der Waals surface area contributed by atoms with Crippen molar-refractivity contribution in [2.24, 2.45) is 5.92 Å². The largest absolute Gasteiger partial charge is 0.396 e. The van der Waals surface area contributed by atoms with Gasteiger partial charge in [0.05, 0.1) is 5.69 Å². The van der Waals surface area contributed by atoms with Crippen molar-refractivity contribution in [1.82, 2.24) is 4.98 Å². The second kappa shape index (κ2) is 5.70. The number of anilines is 2. The summed E-state index contributed by atoms with van der Waals surface area (Å²) in [6.45, 7) is 2.61. The second-order valence-electron chi connectivity index (χ2n) is 4.24. The van der Waals surface area contributed by atoms with Crippen molar-refractivity contribution in [3.63, 3.8) is 0 Å². The van der Waals surface area contributed by atoms with Crippen LogP contribution in [-0.2, 0) is 4.74 Å². The van der Waals surface area contributed by atoms with Crippen LogP contribution in [0.1, 0.15) is 19.3 Å². The molecule has 0 unspecified atom stereocenters. The molecule has 16 heavy (non-hydrogen) atoms. The Kier molecular flexibility index (Phi) is 3.99. The first-order chi connectivity index (χ1) is 7.86. The molecule has 1 aromatic rings. The Bertz CT molecular complexity index is 326. The van der Waals surface area contributed by atoms with Gasteiger partial charge in [-0.2, -0.15) is 0 Å². The summed E-state index contributed by atoms with van der Waals surface area (Å²) in [7, 11) is 0. The van der Waals surface area contributed by atoms with Gasteiger partial charge in [0.25, 0.3) is 0 Å². The molecule has 0 bridgehead atoms. The molecule has 1 fully saturated rings. The van der Waals surface area contributed by atoms with E-state index in [2.05, 4.69) is 10.3 Å².